The zero-order valence-corrected chi connectivity index (χ0v) is 17.5. The maximum Gasteiger partial charge on any atom is 0.226 e. The van der Waals surface area contributed by atoms with E-state index in [0.717, 1.165) is 0 Å². The average molecular weight is 443 g/mol. The van der Waals surface area contributed by atoms with E-state index in [1.807, 2.05) is 0 Å². The molecule has 7 nitrogen and oxygen atoms in total. The highest BCUT2D eigenvalue weighted by Crippen LogP contribution is 2.43. The Morgan fingerprint density at radius 2 is 2.00 bits per heavy atom. The van der Waals surface area contributed by atoms with E-state index in [1.54, 1.807) is 41.9 Å². The van der Waals surface area contributed by atoms with Crippen LogP contribution in [0.1, 0.15) is 16.8 Å². The van der Waals surface area contributed by atoms with Gasteiger partial charge in [-0.25, -0.2) is 4.68 Å². The molecule has 1 aliphatic rings. The van der Waals surface area contributed by atoms with Gasteiger partial charge < -0.3 is 14.6 Å². The van der Waals surface area contributed by atoms with Crippen LogP contribution in [0.15, 0.2) is 42.0 Å². The van der Waals surface area contributed by atoms with Gasteiger partial charge in [-0.2, -0.15) is 10.4 Å². The predicted molar refractivity (Wildman–Crippen MR) is 113 cm³/mol. The number of methoxy groups -OCH3 is 1. The molecule has 30 heavy (non-hydrogen) atoms. The third-order valence-electron chi connectivity index (χ3n) is 4.80. The fourth-order valence-electron chi connectivity index (χ4n) is 3.40. The van der Waals surface area contributed by atoms with E-state index in [1.165, 1.54) is 13.2 Å². The first-order valence-electron chi connectivity index (χ1n) is 8.85. The van der Waals surface area contributed by atoms with Crippen molar-refractivity contribution < 1.29 is 14.6 Å². The molecule has 0 amide bonds. The number of fused-ring (bicyclic) bond motifs is 1. The van der Waals surface area contributed by atoms with E-state index in [2.05, 4.69) is 11.2 Å². The van der Waals surface area contributed by atoms with Crippen molar-refractivity contribution in [2.45, 2.75) is 13.2 Å². The predicted octanol–water partition coefficient (Wildman–Crippen LogP) is 4.20. The topological polar surface area (TPSA) is 106 Å². The smallest absolute Gasteiger partial charge is 0.226 e. The van der Waals surface area contributed by atoms with Crippen molar-refractivity contribution in [3.63, 3.8) is 0 Å². The first-order valence-corrected chi connectivity index (χ1v) is 9.60. The zero-order valence-electron chi connectivity index (χ0n) is 16.0. The van der Waals surface area contributed by atoms with Gasteiger partial charge in [-0.15, -0.1) is 0 Å². The summed E-state index contributed by atoms with van der Waals surface area (Å²) in [5, 5.41) is 25.1. The average Bonchev–Trinajstić information content (AvgIpc) is 3.05. The van der Waals surface area contributed by atoms with Crippen LogP contribution in [-0.4, -0.2) is 28.2 Å². The molecular weight excluding hydrogens is 427 g/mol. The van der Waals surface area contributed by atoms with E-state index in [-0.39, 0.29) is 17.1 Å². The summed E-state index contributed by atoms with van der Waals surface area (Å²) in [6.07, 6.45) is -1.00. The van der Waals surface area contributed by atoms with Crippen molar-refractivity contribution in [2.75, 3.05) is 7.11 Å². The number of nitrogens with zero attached hydrogens (tertiary/aromatic N) is 3. The summed E-state index contributed by atoms with van der Waals surface area (Å²) in [6.45, 7) is 1.81. The van der Waals surface area contributed by atoms with Crippen molar-refractivity contribution in [3.8, 4) is 29.1 Å². The molecule has 0 saturated carbocycles. The second-order valence-electron chi connectivity index (χ2n) is 6.60. The van der Waals surface area contributed by atoms with Gasteiger partial charge in [0, 0.05) is 5.57 Å². The molecular formula is C21H16Cl2N4O3. The number of aromatic nitrogens is 2. The van der Waals surface area contributed by atoms with E-state index in [9.17, 15) is 10.4 Å². The van der Waals surface area contributed by atoms with Crippen LogP contribution < -0.4 is 15.2 Å². The number of halogens is 2. The van der Waals surface area contributed by atoms with Crippen molar-refractivity contribution in [1.29, 1.82) is 5.26 Å². The van der Waals surface area contributed by atoms with Gasteiger partial charge in [-0.3, -0.25) is 5.73 Å². The number of aromatic hydroxyl groups is 1. The Labute approximate surface area is 182 Å². The van der Waals surface area contributed by atoms with Gasteiger partial charge in [0.05, 0.1) is 39.7 Å². The van der Waals surface area contributed by atoms with Gasteiger partial charge in [0.2, 0.25) is 5.88 Å². The monoisotopic (exact) mass is 442 g/mol. The van der Waals surface area contributed by atoms with Crippen LogP contribution in [0.25, 0.3) is 11.3 Å². The minimum atomic E-state index is -1.00. The van der Waals surface area contributed by atoms with E-state index in [0.29, 0.717) is 44.0 Å². The molecule has 1 atom stereocenters. The molecule has 9 heteroatoms. The van der Waals surface area contributed by atoms with Gasteiger partial charge in [0.25, 0.3) is 0 Å². The summed E-state index contributed by atoms with van der Waals surface area (Å²) in [6, 6.07) is 12.0. The number of phenolic OH excluding ortho intramolecular Hbond substituents is 1. The summed E-state index contributed by atoms with van der Waals surface area (Å²) in [4.78, 5) is 0. The third-order valence-corrected chi connectivity index (χ3v) is 5.54. The maximum absolute atomic E-state index is 9.96. The normalized spacial score (nSPS) is 15.4. The Morgan fingerprint density at radius 3 is 2.67 bits per heavy atom. The molecule has 0 fully saturated rings. The largest absolute Gasteiger partial charge is 0.504 e. The molecule has 4 rings (SSSR count). The van der Waals surface area contributed by atoms with Gasteiger partial charge in [0.1, 0.15) is 6.07 Å². The zero-order chi connectivity index (χ0) is 21.6. The van der Waals surface area contributed by atoms with Gasteiger partial charge >= 0.3 is 0 Å². The quantitative estimate of drug-likeness (QED) is 0.629. The second kappa shape index (κ2) is 7.58. The molecule has 0 spiro atoms. The van der Waals surface area contributed by atoms with Crippen LogP contribution in [0.2, 0.25) is 10.0 Å². The lowest BCUT2D eigenvalue weighted by Gasteiger charge is -2.25. The Kier molecular flexibility index (Phi) is 5.08. The standard InChI is InChI=1S/C21H16Cl2N4O3/c1-10-18-19(11-3-6-16(28)17(7-11)29-2)13(9-24)20(25)30-21(18)27(26-10)12-4-5-14(22)15(23)8-12/h3-8,20,28H,25H2,1-2H3. The highest BCUT2D eigenvalue weighted by atomic mass is 35.5. The van der Waals surface area contributed by atoms with Crippen molar-refractivity contribution in [3.05, 3.63) is 68.8 Å². The summed E-state index contributed by atoms with van der Waals surface area (Å²) in [5.74, 6) is 0.632. The molecule has 3 N–H and O–H groups in total. The minimum Gasteiger partial charge on any atom is -0.504 e. The number of aryl methyl sites for hydroxylation is 1. The first-order chi connectivity index (χ1) is 14.3. The van der Waals surface area contributed by atoms with Crippen molar-refractivity contribution >= 4 is 28.8 Å². The van der Waals surface area contributed by atoms with E-state index < -0.39 is 6.23 Å². The molecule has 0 bridgehead atoms. The number of hydrogen-bond acceptors (Lipinski definition) is 6. The Morgan fingerprint density at radius 1 is 1.23 bits per heavy atom. The van der Waals surface area contributed by atoms with Crippen molar-refractivity contribution in [1.82, 2.24) is 9.78 Å². The molecule has 2 heterocycles. The minimum absolute atomic E-state index is 0.0137. The number of rotatable bonds is 3. The molecule has 2 aromatic carbocycles. The summed E-state index contributed by atoms with van der Waals surface area (Å²) in [7, 11) is 1.45. The van der Waals surface area contributed by atoms with Crippen LogP contribution in [0.4, 0.5) is 0 Å². The van der Waals surface area contributed by atoms with Crippen LogP contribution in [-0.2, 0) is 0 Å². The van der Waals surface area contributed by atoms with Gasteiger partial charge in [-0.05, 0) is 42.8 Å². The van der Waals surface area contributed by atoms with Crippen LogP contribution >= 0.6 is 23.2 Å². The highest BCUT2D eigenvalue weighted by Gasteiger charge is 2.33. The lowest BCUT2D eigenvalue weighted by atomic mass is 9.91. The number of nitriles is 1. The Balaban J connectivity index is 1.98. The second-order valence-corrected chi connectivity index (χ2v) is 7.42. The molecule has 3 aromatic rings. The summed E-state index contributed by atoms with van der Waals surface area (Å²) >= 11 is 12.2. The fourth-order valence-corrected chi connectivity index (χ4v) is 3.70. The molecule has 0 radical (unpaired) electrons. The van der Waals surface area contributed by atoms with Crippen LogP contribution in [0.5, 0.6) is 17.4 Å². The summed E-state index contributed by atoms with van der Waals surface area (Å²) < 4.78 is 12.7. The highest BCUT2D eigenvalue weighted by molar-refractivity contribution is 6.42. The molecule has 152 valence electrons. The van der Waals surface area contributed by atoms with E-state index >= 15 is 0 Å². The number of benzene rings is 2. The SMILES string of the molecule is COc1cc(C2=C(C#N)C(N)Oc3c2c(C)nn3-c2ccc(Cl)c(Cl)c2)ccc1O. The lowest BCUT2D eigenvalue weighted by Crippen LogP contribution is -2.33. The maximum atomic E-state index is 9.96. The molecule has 0 aliphatic carbocycles. The number of phenols is 1. The molecule has 1 aliphatic heterocycles. The first kappa shape index (κ1) is 20.1. The molecule has 1 unspecified atom stereocenters. The Bertz CT molecular complexity index is 1240. The van der Waals surface area contributed by atoms with Crippen LogP contribution in [0, 0.1) is 18.3 Å². The number of hydrogen-bond donors (Lipinski definition) is 2. The lowest BCUT2D eigenvalue weighted by molar-refractivity contribution is 0.228. The fraction of sp³-hybridized carbons (Fsp3) is 0.143. The number of ether oxygens (including phenoxy) is 2. The van der Waals surface area contributed by atoms with E-state index in [4.69, 9.17) is 38.4 Å². The third kappa shape index (κ3) is 3.15. The van der Waals surface area contributed by atoms with Crippen LogP contribution in [0.3, 0.4) is 0 Å². The summed E-state index contributed by atoms with van der Waals surface area (Å²) in [5.41, 5.74) is 9.48. The van der Waals surface area contributed by atoms with Crippen molar-refractivity contribution in [2.24, 2.45) is 5.73 Å². The van der Waals surface area contributed by atoms with Gasteiger partial charge in [0.15, 0.2) is 17.7 Å². The molecule has 0 saturated heterocycles. The number of nitrogens with two attached hydrogens (primary N) is 1. The molecule has 1 aromatic heterocycles. The van der Waals surface area contributed by atoms with Gasteiger partial charge in [-0.1, -0.05) is 29.3 Å². The Hall–Kier alpha value is -3.18.